The number of aliphatic imine (C=N–C) groups is 1. The highest BCUT2D eigenvalue weighted by molar-refractivity contribution is 14.0. The van der Waals surface area contributed by atoms with Crippen LogP contribution in [0, 0.1) is 5.41 Å². The molecule has 1 aliphatic heterocycles. The van der Waals surface area contributed by atoms with E-state index in [0.29, 0.717) is 12.0 Å². The maximum Gasteiger partial charge on any atom is 0.193 e. The molecule has 2 fully saturated rings. The molecule has 26 heavy (non-hydrogen) atoms. The largest absolute Gasteiger partial charge is 0.371 e. The minimum atomic E-state index is -0.108. The molecule has 1 heterocycles. The summed E-state index contributed by atoms with van der Waals surface area (Å²) in [4.78, 5) is 6.94. The Hall–Kier alpha value is -0.820. The standard InChI is InChI=1S/C21H33N3O.HI/c1-20(2,3)25-15-18-8-5-7-17(13-18)14-23-19(22-4)24-12-11-21(16-24)9-6-10-21;/h5,7-8,13H,6,9-12,14-16H2,1-4H3,(H,22,23);1H. The summed E-state index contributed by atoms with van der Waals surface area (Å²) in [6.45, 7) is 10.0. The second kappa shape index (κ2) is 8.91. The zero-order valence-electron chi connectivity index (χ0n) is 16.7. The Morgan fingerprint density at radius 1 is 1.23 bits per heavy atom. The van der Waals surface area contributed by atoms with Gasteiger partial charge in [0.1, 0.15) is 0 Å². The molecule has 4 nitrogen and oxygen atoms in total. The Morgan fingerprint density at radius 3 is 2.54 bits per heavy atom. The van der Waals surface area contributed by atoms with E-state index in [1.807, 2.05) is 7.05 Å². The third-order valence-corrected chi connectivity index (χ3v) is 5.48. The maximum absolute atomic E-state index is 5.89. The predicted octanol–water partition coefficient (Wildman–Crippen LogP) is 4.57. The fourth-order valence-corrected chi connectivity index (χ4v) is 3.84. The molecule has 0 atom stereocenters. The fourth-order valence-electron chi connectivity index (χ4n) is 3.84. The van der Waals surface area contributed by atoms with Crippen LogP contribution in [0.15, 0.2) is 29.3 Å². The van der Waals surface area contributed by atoms with Gasteiger partial charge in [-0.1, -0.05) is 30.7 Å². The average molecular weight is 471 g/mol. The van der Waals surface area contributed by atoms with Crippen LogP contribution in [0.3, 0.4) is 0 Å². The van der Waals surface area contributed by atoms with Gasteiger partial charge in [-0.05, 0) is 56.6 Å². The number of guanidine groups is 1. The molecule has 1 aromatic rings. The molecule has 1 saturated carbocycles. The highest BCUT2D eigenvalue weighted by Crippen LogP contribution is 2.47. The second-order valence-electron chi connectivity index (χ2n) is 8.65. The van der Waals surface area contributed by atoms with Gasteiger partial charge >= 0.3 is 0 Å². The van der Waals surface area contributed by atoms with Gasteiger partial charge in [-0.3, -0.25) is 4.99 Å². The van der Waals surface area contributed by atoms with E-state index in [2.05, 4.69) is 60.2 Å². The molecule has 3 rings (SSSR count). The zero-order chi connectivity index (χ0) is 17.9. The van der Waals surface area contributed by atoms with Crippen LogP contribution in [-0.2, 0) is 17.9 Å². The van der Waals surface area contributed by atoms with Crippen molar-refractivity contribution in [2.24, 2.45) is 10.4 Å². The van der Waals surface area contributed by atoms with Crippen molar-refractivity contribution >= 4 is 29.9 Å². The van der Waals surface area contributed by atoms with E-state index in [-0.39, 0.29) is 29.6 Å². The van der Waals surface area contributed by atoms with Crippen molar-refractivity contribution in [3.05, 3.63) is 35.4 Å². The molecule has 1 spiro atoms. The Morgan fingerprint density at radius 2 is 1.96 bits per heavy atom. The molecular formula is C21H34IN3O. The third-order valence-electron chi connectivity index (χ3n) is 5.48. The first-order chi connectivity index (χ1) is 11.9. The van der Waals surface area contributed by atoms with Crippen LogP contribution in [0.4, 0.5) is 0 Å². The van der Waals surface area contributed by atoms with E-state index < -0.39 is 0 Å². The first-order valence-corrected chi connectivity index (χ1v) is 9.57. The van der Waals surface area contributed by atoms with Crippen molar-refractivity contribution in [1.82, 2.24) is 10.2 Å². The summed E-state index contributed by atoms with van der Waals surface area (Å²) in [6, 6.07) is 8.63. The monoisotopic (exact) mass is 471 g/mol. The van der Waals surface area contributed by atoms with Gasteiger partial charge in [0.25, 0.3) is 0 Å². The lowest BCUT2D eigenvalue weighted by atomic mass is 9.68. The van der Waals surface area contributed by atoms with Crippen LogP contribution in [-0.4, -0.2) is 36.6 Å². The molecule has 5 heteroatoms. The SMILES string of the molecule is CN=C(NCc1cccc(COC(C)(C)C)c1)N1CCC2(CCC2)C1.I. The van der Waals surface area contributed by atoms with Crippen LogP contribution in [0.25, 0.3) is 0 Å². The summed E-state index contributed by atoms with van der Waals surface area (Å²) < 4.78 is 5.89. The lowest BCUT2D eigenvalue weighted by Gasteiger charge is -2.38. The van der Waals surface area contributed by atoms with E-state index in [1.165, 1.54) is 43.4 Å². The maximum atomic E-state index is 5.89. The Balaban J connectivity index is 0.00000243. The quantitative estimate of drug-likeness (QED) is 0.397. The lowest BCUT2D eigenvalue weighted by Crippen LogP contribution is -2.42. The van der Waals surface area contributed by atoms with E-state index in [4.69, 9.17) is 4.74 Å². The molecule has 0 amide bonds. The summed E-state index contributed by atoms with van der Waals surface area (Å²) in [5, 5.41) is 3.55. The van der Waals surface area contributed by atoms with Gasteiger partial charge in [0.2, 0.25) is 0 Å². The lowest BCUT2D eigenvalue weighted by molar-refractivity contribution is -0.0149. The molecule has 1 aliphatic carbocycles. The molecular weight excluding hydrogens is 437 g/mol. The minimum absolute atomic E-state index is 0. The average Bonchev–Trinajstić information content (AvgIpc) is 2.99. The molecule has 1 saturated heterocycles. The van der Waals surface area contributed by atoms with E-state index >= 15 is 0 Å². The van der Waals surface area contributed by atoms with E-state index in [0.717, 1.165) is 19.0 Å². The summed E-state index contributed by atoms with van der Waals surface area (Å²) in [7, 11) is 1.89. The van der Waals surface area contributed by atoms with E-state index in [1.54, 1.807) is 0 Å². The van der Waals surface area contributed by atoms with Gasteiger partial charge in [-0.25, -0.2) is 0 Å². The molecule has 0 aromatic heterocycles. The smallest absolute Gasteiger partial charge is 0.193 e. The first kappa shape index (κ1) is 21.5. The highest BCUT2D eigenvalue weighted by atomic mass is 127. The van der Waals surface area contributed by atoms with Crippen molar-refractivity contribution < 1.29 is 4.74 Å². The number of rotatable bonds is 4. The van der Waals surface area contributed by atoms with Crippen molar-refractivity contribution in [3.63, 3.8) is 0 Å². The van der Waals surface area contributed by atoms with Gasteiger partial charge in [0.15, 0.2) is 5.96 Å². The number of nitrogens with one attached hydrogen (secondary N) is 1. The number of ether oxygens (including phenoxy) is 1. The molecule has 1 aromatic carbocycles. The van der Waals surface area contributed by atoms with Crippen LogP contribution < -0.4 is 5.32 Å². The number of nitrogens with zero attached hydrogens (tertiary/aromatic N) is 2. The summed E-state index contributed by atoms with van der Waals surface area (Å²) in [5.41, 5.74) is 2.98. The van der Waals surface area contributed by atoms with Crippen molar-refractivity contribution in [2.75, 3.05) is 20.1 Å². The van der Waals surface area contributed by atoms with Gasteiger partial charge in [0, 0.05) is 26.7 Å². The third kappa shape index (κ3) is 5.59. The zero-order valence-corrected chi connectivity index (χ0v) is 19.0. The van der Waals surface area contributed by atoms with Crippen LogP contribution in [0.2, 0.25) is 0 Å². The topological polar surface area (TPSA) is 36.9 Å². The van der Waals surface area contributed by atoms with Crippen LogP contribution in [0.5, 0.6) is 0 Å². The molecule has 146 valence electrons. The molecule has 0 radical (unpaired) electrons. The van der Waals surface area contributed by atoms with Gasteiger partial charge < -0.3 is 15.0 Å². The Labute approximate surface area is 175 Å². The number of hydrogen-bond acceptors (Lipinski definition) is 2. The van der Waals surface area contributed by atoms with Crippen molar-refractivity contribution in [3.8, 4) is 0 Å². The van der Waals surface area contributed by atoms with E-state index in [9.17, 15) is 0 Å². The van der Waals surface area contributed by atoms with Crippen molar-refractivity contribution in [2.45, 2.75) is 65.2 Å². The second-order valence-corrected chi connectivity index (χ2v) is 8.65. The first-order valence-electron chi connectivity index (χ1n) is 9.57. The predicted molar refractivity (Wildman–Crippen MR) is 119 cm³/mol. The highest BCUT2D eigenvalue weighted by Gasteiger charge is 2.43. The molecule has 1 N–H and O–H groups in total. The number of halogens is 1. The molecule has 0 unspecified atom stereocenters. The summed E-state index contributed by atoms with van der Waals surface area (Å²) >= 11 is 0. The summed E-state index contributed by atoms with van der Waals surface area (Å²) in [6.07, 6.45) is 5.53. The fraction of sp³-hybridized carbons (Fsp3) is 0.667. The van der Waals surface area contributed by atoms with Crippen LogP contribution in [0.1, 0.15) is 57.6 Å². The number of hydrogen-bond donors (Lipinski definition) is 1. The normalized spacial score (nSPS) is 19.2. The summed E-state index contributed by atoms with van der Waals surface area (Å²) in [5.74, 6) is 1.04. The molecule has 0 bridgehead atoms. The van der Waals surface area contributed by atoms with Crippen LogP contribution >= 0.6 is 24.0 Å². The minimum Gasteiger partial charge on any atom is -0.371 e. The van der Waals surface area contributed by atoms with Gasteiger partial charge in [-0.2, -0.15) is 0 Å². The Kier molecular flexibility index (Phi) is 7.36. The number of benzene rings is 1. The van der Waals surface area contributed by atoms with Crippen molar-refractivity contribution in [1.29, 1.82) is 0 Å². The Bertz CT molecular complexity index is 620. The molecule has 2 aliphatic rings. The van der Waals surface area contributed by atoms with Gasteiger partial charge in [-0.15, -0.1) is 24.0 Å². The van der Waals surface area contributed by atoms with Gasteiger partial charge in [0.05, 0.1) is 12.2 Å². The number of likely N-dealkylation sites (tertiary alicyclic amines) is 1.